The zero-order chi connectivity index (χ0) is 12.7. The van der Waals surface area contributed by atoms with Gasteiger partial charge in [0, 0.05) is 4.47 Å². The lowest BCUT2D eigenvalue weighted by Gasteiger charge is -2.03. The second-order valence-corrected chi connectivity index (χ2v) is 4.79. The number of rotatable bonds is 1. The fourth-order valence-electron chi connectivity index (χ4n) is 1.63. The molecule has 3 rings (SSSR count). The van der Waals surface area contributed by atoms with Gasteiger partial charge in [-0.3, -0.25) is 0 Å². The third-order valence-corrected chi connectivity index (χ3v) is 3.28. The molecule has 4 nitrogen and oxygen atoms in total. The molecule has 0 spiro atoms. The molecule has 2 aromatic heterocycles. The monoisotopic (exact) mass is 326 g/mol. The van der Waals surface area contributed by atoms with Crippen LogP contribution >= 0.6 is 27.5 Å². The van der Waals surface area contributed by atoms with Crippen molar-refractivity contribution in [3.8, 4) is 11.4 Å². The molecule has 0 bridgehead atoms. The minimum atomic E-state index is -0.402. The summed E-state index contributed by atoms with van der Waals surface area (Å²) in [5.74, 6) is -0.0991. The Hall–Kier alpha value is -1.53. The molecule has 0 saturated heterocycles. The van der Waals surface area contributed by atoms with Crippen LogP contribution in [0.2, 0.25) is 5.15 Å². The largest absolute Gasteiger partial charge is 0.206 e. The summed E-state index contributed by atoms with van der Waals surface area (Å²) in [7, 11) is 0. The molecule has 0 aliphatic carbocycles. The van der Waals surface area contributed by atoms with Gasteiger partial charge in [0.15, 0.2) is 11.5 Å². The summed E-state index contributed by atoms with van der Waals surface area (Å²) in [5.41, 5.74) is 0.810. The predicted molar refractivity (Wildman–Crippen MR) is 68.9 cm³/mol. The van der Waals surface area contributed by atoms with Crippen LogP contribution in [0, 0.1) is 5.82 Å². The Morgan fingerprint density at radius 2 is 2.00 bits per heavy atom. The molecule has 0 fully saturated rings. The number of aromatic nitrogens is 4. The minimum Gasteiger partial charge on any atom is -0.206 e. The first kappa shape index (κ1) is 11.6. The van der Waals surface area contributed by atoms with Gasteiger partial charge in [-0.15, -0.1) is 10.2 Å². The number of hydrogen-bond acceptors (Lipinski definition) is 3. The van der Waals surface area contributed by atoms with Gasteiger partial charge in [-0.2, -0.15) is 9.61 Å². The molecular formula is C11H5BrClFN4. The average molecular weight is 328 g/mol. The Bertz CT molecular complexity index is 723. The van der Waals surface area contributed by atoms with E-state index in [9.17, 15) is 4.39 Å². The third-order valence-electron chi connectivity index (χ3n) is 2.42. The Morgan fingerprint density at radius 3 is 2.78 bits per heavy atom. The topological polar surface area (TPSA) is 43.1 Å². The Labute approximate surface area is 115 Å². The molecule has 0 aliphatic rings. The average Bonchev–Trinajstić information content (AvgIpc) is 2.72. The highest BCUT2D eigenvalue weighted by Crippen LogP contribution is 2.29. The zero-order valence-corrected chi connectivity index (χ0v) is 11.2. The first-order valence-electron chi connectivity index (χ1n) is 4.99. The number of halogens is 3. The van der Waals surface area contributed by atoms with Crippen molar-refractivity contribution in [3.05, 3.63) is 45.8 Å². The van der Waals surface area contributed by atoms with Crippen LogP contribution in [0.15, 0.2) is 34.8 Å². The molecular weight excluding hydrogens is 323 g/mol. The van der Waals surface area contributed by atoms with Crippen LogP contribution in [0.1, 0.15) is 0 Å². The van der Waals surface area contributed by atoms with Gasteiger partial charge in [0.2, 0.25) is 0 Å². The van der Waals surface area contributed by atoms with Crippen LogP contribution in [-0.4, -0.2) is 19.8 Å². The second kappa shape index (κ2) is 4.29. The maximum absolute atomic E-state index is 13.9. The van der Waals surface area contributed by atoms with E-state index < -0.39 is 5.82 Å². The van der Waals surface area contributed by atoms with Crippen molar-refractivity contribution in [3.63, 3.8) is 0 Å². The first-order valence-corrected chi connectivity index (χ1v) is 6.16. The summed E-state index contributed by atoms with van der Waals surface area (Å²) >= 11 is 9.11. The summed E-state index contributed by atoms with van der Waals surface area (Å²) in [6, 6.07) is 7.95. The summed E-state index contributed by atoms with van der Waals surface area (Å²) < 4.78 is 15.9. The van der Waals surface area contributed by atoms with Crippen LogP contribution in [0.5, 0.6) is 0 Å². The molecule has 90 valence electrons. The van der Waals surface area contributed by atoms with Crippen LogP contribution in [-0.2, 0) is 0 Å². The van der Waals surface area contributed by atoms with Crippen LogP contribution in [0.3, 0.4) is 0 Å². The fourth-order valence-corrected chi connectivity index (χ4v) is 2.29. The van der Waals surface area contributed by atoms with E-state index in [4.69, 9.17) is 11.6 Å². The maximum Gasteiger partial charge on any atom is 0.189 e. The van der Waals surface area contributed by atoms with E-state index in [1.165, 1.54) is 10.6 Å². The van der Waals surface area contributed by atoms with E-state index >= 15 is 0 Å². The van der Waals surface area contributed by atoms with Crippen LogP contribution in [0.25, 0.3) is 17.0 Å². The molecule has 0 aliphatic heterocycles. The van der Waals surface area contributed by atoms with Crippen molar-refractivity contribution in [2.75, 3.05) is 0 Å². The van der Waals surface area contributed by atoms with Gasteiger partial charge in [0.25, 0.3) is 0 Å². The van der Waals surface area contributed by atoms with E-state index in [0.29, 0.717) is 21.5 Å². The molecule has 0 saturated carbocycles. The normalized spacial score (nSPS) is 11.1. The van der Waals surface area contributed by atoms with Crippen LogP contribution < -0.4 is 0 Å². The molecule has 3 aromatic rings. The zero-order valence-electron chi connectivity index (χ0n) is 8.81. The predicted octanol–water partition coefficient (Wildman–Crippen LogP) is 3.35. The van der Waals surface area contributed by atoms with Crippen molar-refractivity contribution in [2.45, 2.75) is 0 Å². The molecule has 0 unspecified atom stereocenters. The van der Waals surface area contributed by atoms with Crippen molar-refractivity contribution < 1.29 is 4.39 Å². The Kier molecular flexibility index (Phi) is 2.76. The van der Waals surface area contributed by atoms with Gasteiger partial charge in [-0.1, -0.05) is 17.7 Å². The number of fused-ring (bicyclic) bond motifs is 1. The van der Waals surface area contributed by atoms with Crippen molar-refractivity contribution in [1.29, 1.82) is 0 Å². The third kappa shape index (κ3) is 1.77. The summed E-state index contributed by atoms with van der Waals surface area (Å²) in [5, 5.41) is 12.2. The van der Waals surface area contributed by atoms with E-state index in [0.717, 1.165) is 0 Å². The Morgan fingerprint density at radius 1 is 1.17 bits per heavy atom. The smallest absolute Gasteiger partial charge is 0.189 e. The highest BCUT2D eigenvalue weighted by atomic mass is 79.9. The minimum absolute atomic E-state index is 0.288. The van der Waals surface area contributed by atoms with Crippen molar-refractivity contribution >= 4 is 33.2 Å². The van der Waals surface area contributed by atoms with Gasteiger partial charge in [0.1, 0.15) is 11.0 Å². The standard InChI is InChI=1S/C11H5BrClFN4/c12-6-2-1-3-7(14)10(6)11-16-15-9-5-4-8(13)17-18(9)11/h1-5H. The molecule has 0 radical (unpaired) electrons. The second-order valence-electron chi connectivity index (χ2n) is 3.55. The Balaban J connectivity index is 2.35. The van der Waals surface area contributed by atoms with Gasteiger partial charge >= 0.3 is 0 Å². The van der Waals surface area contributed by atoms with Gasteiger partial charge in [-0.05, 0) is 40.2 Å². The summed E-state index contributed by atoms with van der Waals surface area (Å²) in [4.78, 5) is 0. The first-order chi connectivity index (χ1) is 8.66. The van der Waals surface area contributed by atoms with E-state index in [1.807, 2.05) is 0 Å². The van der Waals surface area contributed by atoms with Gasteiger partial charge in [0.05, 0.1) is 5.56 Å². The van der Waals surface area contributed by atoms with E-state index in [1.54, 1.807) is 24.3 Å². The maximum atomic E-state index is 13.9. The number of hydrogen-bond donors (Lipinski definition) is 0. The number of nitrogens with zero attached hydrogens (tertiary/aromatic N) is 4. The lowest BCUT2D eigenvalue weighted by molar-refractivity contribution is 0.628. The van der Waals surface area contributed by atoms with E-state index in [-0.39, 0.29) is 5.15 Å². The van der Waals surface area contributed by atoms with Gasteiger partial charge in [-0.25, -0.2) is 4.39 Å². The lowest BCUT2D eigenvalue weighted by Crippen LogP contribution is -1.97. The molecule has 0 N–H and O–H groups in total. The number of benzene rings is 1. The fraction of sp³-hybridized carbons (Fsp3) is 0. The molecule has 0 amide bonds. The lowest BCUT2D eigenvalue weighted by atomic mass is 10.2. The molecule has 0 atom stereocenters. The summed E-state index contributed by atoms with van der Waals surface area (Å²) in [6.07, 6.45) is 0. The summed E-state index contributed by atoms with van der Waals surface area (Å²) in [6.45, 7) is 0. The SMILES string of the molecule is Fc1cccc(Br)c1-c1nnc2ccc(Cl)nn12. The molecule has 18 heavy (non-hydrogen) atoms. The molecule has 1 aromatic carbocycles. The van der Waals surface area contributed by atoms with Gasteiger partial charge < -0.3 is 0 Å². The van der Waals surface area contributed by atoms with Crippen molar-refractivity contribution in [2.24, 2.45) is 0 Å². The quantitative estimate of drug-likeness (QED) is 0.688. The molecule has 2 heterocycles. The highest BCUT2D eigenvalue weighted by molar-refractivity contribution is 9.10. The molecule has 7 heteroatoms. The van der Waals surface area contributed by atoms with E-state index in [2.05, 4.69) is 31.2 Å². The highest BCUT2D eigenvalue weighted by Gasteiger charge is 2.16. The van der Waals surface area contributed by atoms with Crippen LogP contribution in [0.4, 0.5) is 4.39 Å². The van der Waals surface area contributed by atoms with Crippen molar-refractivity contribution in [1.82, 2.24) is 19.8 Å².